The van der Waals surface area contributed by atoms with Crippen LogP contribution in [0.15, 0.2) is 54.6 Å². The maximum atomic E-state index is 14.0. The van der Waals surface area contributed by atoms with E-state index in [0.717, 1.165) is 63.9 Å². The van der Waals surface area contributed by atoms with Crippen molar-refractivity contribution in [3.05, 3.63) is 70.7 Å². The van der Waals surface area contributed by atoms with Crippen molar-refractivity contribution >= 4 is 33.1 Å². The van der Waals surface area contributed by atoms with Crippen LogP contribution in [-0.4, -0.2) is 41.1 Å². The second-order valence-corrected chi connectivity index (χ2v) is 10.4. The molecule has 1 aliphatic rings. The molecule has 2 aromatic heterocycles. The van der Waals surface area contributed by atoms with Crippen molar-refractivity contribution in [1.29, 1.82) is 0 Å². The number of hydrogen-bond donors (Lipinski definition) is 3. The number of hydrogen-bond acceptors (Lipinski definition) is 7. The van der Waals surface area contributed by atoms with E-state index in [1.54, 1.807) is 13.2 Å². The van der Waals surface area contributed by atoms with Gasteiger partial charge < -0.3 is 26.2 Å². The average Bonchev–Trinajstić information content (AvgIpc) is 3.29. The van der Waals surface area contributed by atoms with Gasteiger partial charge in [-0.1, -0.05) is 37.5 Å². The summed E-state index contributed by atoms with van der Waals surface area (Å²) in [5.74, 6) is 1.17. The van der Waals surface area contributed by atoms with E-state index in [1.807, 2.05) is 54.3 Å². The number of aryl methyl sites for hydroxylation is 1. The molecule has 1 aliphatic carbocycles. The Morgan fingerprint density at radius 2 is 1.84 bits per heavy atom. The smallest absolute Gasteiger partial charge is 0.268 e. The molecule has 4 aromatic rings. The fourth-order valence-corrected chi connectivity index (χ4v) is 6.26. The van der Waals surface area contributed by atoms with Crippen LogP contribution in [0.5, 0.6) is 11.5 Å². The van der Waals surface area contributed by atoms with Crippen LogP contribution < -0.4 is 16.2 Å². The maximum Gasteiger partial charge on any atom is 0.268 e. The summed E-state index contributed by atoms with van der Waals surface area (Å²) in [5.41, 5.74) is 14.1. The van der Waals surface area contributed by atoms with Gasteiger partial charge in [0, 0.05) is 39.5 Å². The SMILES string of the molecule is CN.COc1ccc(-c2ccc(N)nc2C)cc1CN(C(=O)c1sc2ccccc2c1O)C1CCCCC1. The highest BCUT2D eigenvalue weighted by Crippen LogP contribution is 2.39. The first-order chi connectivity index (χ1) is 18.5. The Bertz CT molecular complexity index is 1410. The van der Waals surface area contributed by atoms with E-state index in [4.69, 9.17) is 10.5 Å². The Balaban J connectivity index is 0.00000164. The number of thiophene rings is 1. The van der Waals surface area contributed by atoms with Crippen molar-refractivity contribution in [3.8, 4) is 22.6 Å². The van der Waals surface area contributed by atoms with Gasteiger partial charge in [-0.3, -0.25) is 4.79 Å². The minimum atomic E-state index is -0.126. The van der Waals surface area contributed by atoms with Gasteiger partial charge in [0.1, 0.15) is 22.2 Å². The molecule has 0 spiro atoms. The first-order valence-electron chi connectivity index (χ1n) is 13.0. The minimum absolute atomic E-state index is 0.0747. The van der Waals surface area contributed by atoms with Gasteiger partial charge in [0.2, 0.25) is 0 Å². The molecule has 0 unspecified atom stereocenters. The topological polar surface area (TPSA) is 115 Å². The Labute approximate surface area is 228 Å². The summed E-state index contributed by atoms with van der Waals surface area (Å²) in [6.07, 6.45) is 5.30. The molecular weight excluding hydrogens is 496 g/mol. The van der Waals surface area contributed by atoms with Crippen LogP contribution in [-0.2, 0) is 6.54 Å². The van der Waals surface area contributed by atoms with E-state index in [9.17, 15) is 9.90 Å². The molecule has 5 N–H and O–H groups in total. The highest BCUT2D eigenvalue weighted by molar-refractivity contribution is 7.21. The molecule has 1 fully saturated rings. The number of nitrogen functional groups attached to an aromatic ring is 1. The molecule has 0 saturated heterocycles. The van der Waals surface area contributed by atoms with Crippen molar-refractivity contribution in [3.63, 3.8) is 0 Å². The van der Waals surface area contributed by atoms with Crippen LogP contribution in [0, 0.1) is 6.92 Å². The first-order valence-corrected chi connectivity index (χ1v) is 13.8. The molecule has 0 bridgehead atoms. The summed E-state index contributed by atoms with van der Waals surface area (Å²) in [4.78, 5) is 20.7. The zero-order valence-electron chi connectivity index (χ0n) is 22.2. The highest BCUT2D eigenvalue weighted by Gasteiger charge is 2.30. The molecule has 8 heteroatoms. The summed E-state index contributed by atoms with van der Waals surface area (Å²) >= 11 is 1.36. The Kier molecular flexibility index (Phi) is 8.86. The second kappa shape index (κ2) is 12.3. The summed E-state index contributed by atoms with van der Waals surface area (Å²) < 4.78 is 6.62. The zero-order valence-corrected chi connectivity index (χ0v) is 23.1. The minimum Gasteiger partial charge on any atom is -0.506 e. The fraction of sp³-hybridized carbons (Fsp3) is 0.333. The summed E-state index contributed by atoms with van der Waals surface area (Å²) in [6.45, 7) is 2.34. The number of nitrogens with two attached hydrogens (primary N) is 2. The van der Waals surface area contributed by atoms with Gasteiger partial charge in [-0.05, 0) is 68.8 Å². The number of carbonyl (C=O) groups is 1. The van der Waals surface area contributed by atoms with E-state index in [1.165, 1.54) is 24.8 Å². The molecule has 1 amide bonds. The molecule has 5 rings (SSSR count). The molecule has 200 valence electrons. The predicted octanol–water partition coefficient (Wildman–Crippen LogP) is 6.12. The Morgan fingerprint density at radius 1 is 1.11 bits per heavy atom. The number of aromatic nitrogens is 1. The lowest BCUT2D eigenvalue weighted by molar-refractivity contribution is 0.0615. The van der Waals surface area contributed by atoms with Gasteiger partial charge >= 0.3 is 0 Å². The van der Waals surface area contributed by atoms with Crippen LogP contribution in [0.4, 0.5) is 5.82 Å². The second-order valence-electron chi connectivity index (χ2n) is 9.40. The van der Waals surface area contributed by atoms with Gasteiger partial charge in [-0.15, -0.1) is 11.3 Å². The number of carbonyl (C=O) groups excluding carboxylic acids is 1. The normalized spacial score (nSPS) is 13.6. The first kappa shape index (κ1) is 27.4. The number of aromatic hydroxyl groups is 1. The lowest BCUT2D eigenvalue weighted by atomic mass is 9.93. The van der Waals surface area contributed by atoms with Crippen LogP contribution in [0.2, 0.25) is 0 Å². The van der Waals surface area contributed by atoms with Crippen LogP contribution in [0.3, 0.4) is 0 Å². The third-order valence-corrected chi connectivity index (χ3v) is 8.23. The third kappa shape index (κ3) is 5.61. The lowest BCUT2D eigenvalue weighted by Gasteiger charge is -2.34. The molecule has 0 radical (unpaired) electrons. The van der Waals surface area contributed by atoms with Crippen molar-refractivity contribution in [1.82, 2.24) is 9.88 Å². The number of methoxy groups -OCH3 is 1. The molecule has 0 aliphatic heterocycles. The molecular formula is C30H36N4O3S. The number of nitrogens with zero attached hydrogens (tertiary/aromatic N) is 2. The van der Waals surface area contributed by atoms with Crippen molar-refractivity contribution < 1.29 is 14.6 Å². The van der Waals surface area contributed by atoms with E-state index < -0.39 is 0 Å². The number of anilines is 1. The van der Waals surface area contributed by atoms with E-state index >= 15 is 0 Å². The van der Waals surface area contributed by atoms with Crippen LogP contribution >= 0.6 is 11.3 Å². The number of rotatable bonds is 6. The summed E-state index contributed by atoms with van der Waals surface area (Å²) in [7, 11) is 3.15. The van der Waals surface area contributed by atoms with E-state index in [2.05, 4.69) is 16.8 Å². The predicted molar refractivity (Wildman–Crippen MR) is 156 cm³/mol. The quantitative estimate of drug-likeness (QED) is 0.276. The van der Waals surface area contributed by atoms with Gasteiger partial charge in [0.25, 0.3) is 5.91 Å². The molecule has 38 heavy (non-hydrogen) atoms. The van der Waals surface area contributed by atoms with Crippen LogP contribution in [0.25, 0.3) is 21.2 Å². The Hall–Kier alpha value is -3.62. The number of benzene rings is 2. The van der Waals surface area contributed by atoms with Gasteiger partial charge in [0.05, 0.1) is 7.11 Å². The third-order valence-electron chi connectivity index (χ3n) is 7.08. The Morgan fingerprint density at radius 3 is 2.53 bits per heavy atom. The number of ether oxygens (including phenoxy) is 1. The largest absolute Gasteiger partial charge is 0.506 e. The maximum absolute atomic E-state index is 14.0. The van der Waals surface area contributed by atoms with E-state index in [-0.39, 0.29) is 17.7 Å². The molecule has 1 saturated carbocycles. The molecule has 2 heterocycles. The number of fused-ring (bicyclic) bond motifs is 1. The van der Waals surface area contributed by atoms with E-state index in [0.29, 0.717) is 17.2 Å². The van der Waals surface area contributed by atoms with Crippen molar-refractivity contribution in [2.75, 3.05) is 19.9 Å². The van der Waals surface area contributed by atoms with Gasteiger partial charge in [0.15, 0.2) is 0 Å². The molecule has 0 atom stereocenters. The number of pyridine rings is 1. The highest BCUT2D eigenvalue weighted by atomic mass is 32.1. The van der Waals surface area contributed by atoms with Gasteiger partial charge in [-0.2, -0.15) is 0 Å². The fourth-order valence-electron chi connectivity index (χ4n) is 5.21. The monoisotopic (exact) mass is 532 g/mol. The van der Waals surface area contributed by atoms with Crippen LogP contribution in [0.1, 0.15) is 53.0 Å². The summed E-state index contributed by atoms with van der Waals surface area (Å²) in [5, 5.41) is 11.7. The van der Waals surface area contributed by atoms with Crippen molar-refractivity contribution in [2.45, 2.75) is 51.6 Å². The number of amides is 1. The zero-order chi connectivity index (χ0) is 27.2. The van der Waals surface area contributed by atoms with Gasteiger partial charge in [-0.25, -0.2) is 4.98 Å². The molecule has 2 aromatic carbocycles. The summed E-state index contributed by atoms with van der Waals surface area (Å²) in [6, 6.07) is 17.5. The standard InChI is InChI=1S/C29H31N3O3S.CH5N/c1-18-22(13-15-26(30)31-18)19-12-14-24(35-2)20(16-19)17-32(21-8-4-3-5-9-21)29(34)28-27(33)23-10-6-7-11-25(23)36-28;1-2/h6-7,10-16,21,33H,3-5,8-9,17H2,1-2H3,(H2,30,31);2H2,1H3. The lowest BCUT2D eigenvalue weighted by Crippen LogP contribution is -2.40. The van der Waals surface area contributed by atoms with Crippen molar-refractivity contribution in [2.24, 2.45) is 5.73 Å². The average molecular weight is 533 g/mol. The molecule has 7 nitrogen and oxygen atoms in total.